The van der Waals surface area contributed by atoms with Gasteiger partial charge in [0, 0.05) is 25.5 Å². The monoisotopic (exact) mass is 389 g/mol. The molecule has 0 spiro atoms. The molecule has 1 aromatic carbocycles. The molecule has 0 unspecified atom stereocenters. The van der Waals surface area contributed by atoms with Crippen LogP contribution in [0, 0.1) is 0 Å². The summed E-state index contributed by atoms with van der Waals surface area (Å²) in [4.78, 5) is -0.380. The molecule has 9 heteroatoms. The van der Waals surface area contributed by atoms with Crippen molar-refractivity contribution in [3.8, 4) is 0 Å². The number of hydrogen-bond acceptors (Lipinski definition) is 3. The van der Waals surface area contributed by atoms with Crippen molar-refractivity contribution in [2.45, 2.75) is 11.1 Å². The third-order valence-electron chi connectivity index (χ3n) is 2.68. The fourth-order valence-electron chi connectivity index (χ4n) is 1.62. The Morgan fingerprint density at radius 2 is 1.95 bits per heavy atom. The van der Waals surface area contributed by atoms with E-state index in [0.717, 1.165) is 22.5 Å². The van der Waals surface area contributed by atoms with Crippen molar-refractivity contribution < 1.29 is 26.3 Å². The van der Waals surface area contributed by atoms with E-state index in [0.29, 0.717) is 11.4 Å². The van der Waals surface area contributed by atoms with Gasteiger partial charge in [0.05, 0.1) is 17.1 Å². The van der Waals surface area contributed by atoms with Gasteiger partial charge in [0.1, 0.15) is 0 Å². The zero-order valence-corrected chi connectivity index (χ0v) is 13.6. The van der Waals surface area contributed by atoms with Gasteiger partial charge >= 0.3 is 6.18 Å². The van der Waals surface area contributed by atoms with Crippen LogP contribution in [0.15, 0.2) is 29.2 Å². The molecule has 0 saturated heterocycles. The van der Waals surface area contributed by atoms with Crippen LogP contribution in [-0.4, -0.2) is 44.9 Å². The highest BCUT2D eigenvalue weighted by Crippen LogP contribution is 2.31. The standard InChI is InChI=1S/C12H15BrF3NO3S/c1-20-8-7-17(6-5-13)21(18,19)11-4-2-3-10(9-11)12(14,15)16/h2-4,9H,5-8H2,1H3. The molecule has 0 atom stereocenters. The third-order valence-corrected chi connectivity index (χ3v) is 4.93. The first-order valence-corrected chi connectivity index (χ1v) is 8.52. The van der Waals surface area contributed by atoms with Crippen molar-refractivity contribution in [2.75, 3.05) is 32.1 Å². The molecule has 0 saturated carbocycles. The first kappa shape index (κ1) is 18.4. The lowest BCUT2D eigenvalue weighted by atomic mass is 10.2. The average Bonchev–Trinajstić information content (AvgIpc) is 2.42. The first-order chi connectivity index (χ1) is 9.73. The van der Waals surface area contributed by atoms with Gasteiger partial charge < -0.3 is 4.74 Å². The smallest absolute Gasteiger partial charge is 0.383 e. The minimum absolute atomic E-state index is 0.0701. The highest BCUT2D eigenvalue weighted by atomic mass is 79.9. The van der Waals surface area contributed by atoms with E-state index in [9.17, 15) is 21.6 Å². The molecule has 0 heterocycles. The van der Waals surface area contributed by atoms with Gasteiger partial charge in [-0.3, -0.25) is 0 Å². The van der Waals surface area contributed by atoms with Gasteiger partial charge in [-0.05, 0) is 18.2 Å². The van der Waals surface area contributed by atoms with Crippen molar-refractivity contribution in [2.24, 2.45) is 0 Å². The molecule has 120 valence electrons. The van der Waals surface area contributed by atoms with Crippen LogP contribution in [0.1, 0.15) is 5.56 Å². The lowest BCUT2D eigenvalue weighted by Gasteiger charge is -2.21. The quantitative estimate of drug-likeness (QED) is 0.673. The van der Waals surface area contributed by atoms with E-state index in [1.807, 2.05) is 0 Å². The minimum Gasteiger partial charge on any atom is -0.383 e. The lowest BCUT2D eigenvalue weighted by Crippen LogP contribution is -2.35. The number of hydrogen-bond donors (Lipinski definition) is 0. The second-order valence-electron chi connectivity index (χ2n) is 4.11. The number of benzene rings is 1. The van der Waals surface area contributed by atoms with Gasteiger partial charge in [-0.25, -0.2) is 8.42 Å². The Kier molecular flexibility index (Phi) is 6.64. The summed E-state index contributed by atoms with van der Waals surface area (Å²) in [6.45, 7) is 0.369. The number of nitrogens with zero attached hydrogens (tertiary/aromatic N) is 1. The van der Waals surface area contributed by atoms with Gasteiger partial charge in [0.25, 0.3) is 0 Å². The Morgan fingerprint density at radius 3 is 2.48 bits per heavy atom. The summed E-state index contributed by atoms with van der Waals surface area (Å²) in [6.07, 6.45) is -4.59. The summed E-state index contributed by atoms with van der Waals surface area (Å²) in [5.74, 6) is 0. The van der Waals surface area contributed by atoms with Gasteiger partial charge in [0.15, 0.2) is 0 Å². The average molecular weight is 390 g/mol. The normalized spacial score (nSPS) is 12.9. The fourth-order valence-corrected chi connectivity index (χ4v) is 3.76. The highest BCUT2D eigenvalue weighted by Gasteiger charge is 2.32. The highest BCUT2D eigenvalue weighted by molar-refractivity contribution is 9.09. The number of sulfonamides is 1. The molecule has 0 aliphatic rings. The van der Waals surface area contributed by atoms with Crippen LogP contribution in [0.5, 0.6) is 0 Å². The number of ether oxygens (including phenoxy) is 1. The molecular formula is C12H15BrF3NO3S. The van der Waals surface area contributed by atoms with Crippen LogP contribution in [0.4, 0.5) is 13.2 Å². The van der Waals surface area contributed by atoms with Crippen molar-refractivity contribution in [1.82, 2.24) is 4.31 Å². The Labute approximate surface area is 130 Å². The summed E-state index contributed by atoms with van der Waals surface area (Å²) >= 11 is 3.13. The number of alkyl halides is 4. The molecule has 1 rings (SSSR count). The van der Waals surface area contributed by atoms with Crippen LogP contribution < -0.4 is 0 Å². The zero-order valence-electron chi connectivity index (χ0n) is 11.2. The topological polar surface area (TPSA) is 46.6 Å². The van der Waals surface area contributed by atoms with E-state index in [1.165, 1.54) is 7.11 Å². The molecule has 0 aliphatic carbocycles. The van der Waals surface area contributed by atoms with Crippen LogP contribution in [-0.2, 0) is 20.9 Å². The maximum atomic E-state index is 12.7. The van der Waals surface area contributed by atoms with Crippen molar-refractivity contribution >= 4 is 26.0 Å². The van der Waals surface area contributed by atoms with Gasteiger partial charge in [-0.15, -0.1) is 0 Å². The maximum absolute atomic E-state index is 12.7. The van der Waals surface area contributed by atoms with Crippen LogP contribution in [0.2, 0.25) is 0 Å². The molecule has 21 heavy (non-hydrogen) atoms. The van der Waals surface area contributed by atoms with E-state index in [2.05, 4.69) is 15.9 Å². The van der Waals surface area contributed by atoms with Gasteiger partial charge in [-0.1, -0.05) is 22.0 Å². The molecule has 0 amide bonds. The predicted molar refractivity (Wildman–Crippen MR) is 75.9 cm³/mol. The Bertz CT molecular complexity index is 563. The molecule has 0 radical (unpaired) electrons. The zero-order chi connectivity index (χ0) is 16.1. The molecule has 0 aliphatic heterocycles. The summed E-state index contributed by atoms with van der Waals surface area (Å²) in [5.41, 5.74) is -0.992. The molecule has 0 fully saturated rings. The van der Waals surface area contributed by atoms with E-state index in [4.69, 9.17) is 4.74 Å². The van der Waals surface area contributed by atoms with Crippen molar-refractivity contribution in [1.29, 1.82) is 0 Å². The summed E-state index contributed by atoms with van der Waals surface area (Å²) < 4.78 is 68.7. The first-order valence-electron chi connectivity index (χ1n) is 5.95. The molecule has 0 aromatic heterocycles. The van der Waals surface area contributed by atoms with Gasteiger partial charge in [-0.2, -0.15) is 17.5 Å². The molecular weight excluding hydrogens is 375 g/mol. The van der Waals surface area contributed by atoms with Crippen molar-refractivity contribution in [3.63, 3.8) is 0 Å². The van der Waals surface area contributed by atoms with Crippen molar-refractivity contribution in [3.05, 3.63) is 29.8 Å². The van der Waals surface area contributed by atoms with E-state index in [1.54, 1.807) is 0 Å². The molecule has 4 nitrogen and oxygen atoms in total. The lowest BCUT2D eigenvalue weighted by molar-refractivity contribution is -0.137. The van der Waals surface area contributed by atoms with Crippen LogP contribution in [0.25, 0.3) is 0 Å². The Morgan fingerprint density at radius 1 is 1.29 bits per heavy atom. The Hall–Kier alpha value is -0.640. The minimum atomic E-state index is -4.59. The fraction of sp³-hybridized carbons (Fsp3) is 0.500. The summed E-state index contributed by atoms with van der Waals surface area (Å²) in [5, 5.41) is 0.370. The Balaban J connectivity index is 3.15. The van der Waals surface area contributed by atoms with Crippen LogP contribution in [0.3, 0.4) is 0 Å². The van der Waals surface area contributed by atoms with E-state index >= 15 is 0 Å². The molecule has 0 bridgehead atoms. The van der Waals surface area contributed by atoms with Gasteiger partial charge in [0.2, 0.25) is 10.0 Å². The second kappa shape index (κ2) is 7.57. The summed E-state index contributed by atoms with van der Waals surface area (Å²) in [6, 6.07) is 3.71. The SMILES string of the molecule is COCCN(CCBr)S(=O)(=O)c1cccc(C(F)(F)F)c1. The van der Waals surface area contributed by atoms with E-state index < -0.39 is 21.8 Å². The third kappa shape index (κ3) is 4.94. The molecule has 1 aromatic rings. The predicted octanol–water partition coefficient (Wildman–Crippen LogP) is 2.74. The van der Waals surface area contributed by atoms with E-state index in [-0.39, 0.29) is 24.6 Å². The largest absolute Gasteiger partial charge is 0.416 e. The number of methoxy groups -OCH3 is 1. The summed E-state index contributed by atoms with van der Waals surface area (Å²) in [7, 11) is -2.58. The number of rotatable bonds is 7. The maximum Gasteiger partial charge on any atom is 0.416 e. The number of halogens is 4. The molecule has 0 N–H and O–H groups in total. The second-order valence-corrected chi connectivity index (χ2v) is 6.84. The van der Waals surface area contributed by atoms with Crippen LogP contribution >= 0.6 is 15.9 Å².